The number of nitrogens with one attached hydrogen (secondary N) is 1. The van der Waals surface area contributed by atoms with Crippen LogP contribution < -0.4 is 5.32 Å². The molecule has 0 unspecified atom stereocenters. The molecule has 0 atom stereocenters. The summed E-state index contributed by atoms with van der Waals surface area (Å²) in [5.74, 6) is -0.299. The molecule has 1 saturated heterocycles. The van der Waals surface area contributed by atoms with Crippen LogP contribution in [0.5, 0.6) is 0 Å². The summed E-state index contributed by atoms with van der Waals surface area (Å²) < 4.78 is 32.7. The number of morpholine rings is 1. The van der Waals surface area contributed by atoms with E-state index < -0.39 is 10.0 Å². The summed E-state index contributed by atoms with van der Waals surface area (Å²) in [5.41, 5.74) is 2.90. The maximum Gasteiger partial charge on any atom is 0.255 e. The van der Waals surface area contributed by atoms with Crippen molar-refractivity contribution in [2.75, 3.05) is 31.6 Å². The molecule has 2 aromatic rings. The second kappa shape index (κ2) is 8.68. The van der Waals surface area contributed by atoms with Gasteiger partial charge in [0.2, 0.25) is 10.0 Å². The Bertz CT molecular complexity index is 923. The number of rotatable bonds is 5. The van der Waals surface area contributed by atoms with Gasteiger partial charge in [-0.2, -0.15) is 4.31 Å². The first-order valence-electron chi connectivity index (χ1n) is 8.57. The van der Waals surface area contributed by atoms with Crippen molar-refractivity contribution in [3.05, 3.63) is 62.7 Å². The van der Waals surface area contributed by atoms with Crippen molar-refractivity contribution in [3.8, 4) is 0 Å². The minimum absolute atomic E-state index is 0.0782. The molecule has 27 heavy (non-hydrogen) atoms. The highest BCUT2D eigenvalue weighted by molar-refractivity contribution is 14.1. The molecule has 1 heterocycles. The maximum absolute atomic E-state index is 12.5. The molecule has 1 amide bonds. The number of nitrogens with zero attached hydrogens (tertiary/aromatic N) is 1. The normalized spacial score (nSPS) is 15.5. The summed E-state index contributed by atoms with van der Waals surface area (Å²) in [4.78, 5) is 12.4. The lowest BCUT2D eigenvalue weighted by atomic mass is 10.1. The summed E-state index contributed by atoms with van der Waals surface area (Å²) in [6.45, 7) is 3.57. The molecule has 0 aromatic heterocycles. The predicted octanol–water partition coefficient (Wildman–Crippen LogP) is 3.01. The number of sulfonamides is 1. The van der Waals surface area contributed by atoms with E-state index in [9.17, 15) is 13.2 Å². The smallest absolute Gasteiger partial charge is 0.255 e. The van der Waals surface area contributed by atoms with Gasteiger partial charge in [0.25, 0.3) is 5.91 Å². The fourth-order valence-corrected chi connectivity index (χ4v) is 4.99. The molecular formula is C19H21IN2O4S. The number of carbonyl (C=O) groups excluding carboxylic acids is 1. The van der Waals surface area contributed by atoms with E-state index in [0.717, 1.165) is 14.8 Å². The maximum atomic E-state index is 12.5. The zero-order chi connectivity index (χ0) is 19.4. The summed E-state index contributed by atoms with van der Waals surface area (Å²) >= 11 is 2.23. The lowest BCUT2D eigenvalue weighted by molar-refractivity contribution is 0.0729. The van der Waals surface area contributed by atoms with Gasteiger partial charge in [0.1, 0.15) is 0 Å². The van der Waals surface area contributed by atoms with Crippen molar-refractivity contribution in [3.63, 3.8) is 0 Å². The Morgan fingerprint density at radius 3 is 2.44 bits per heavy atom. The third kappa shape index (κ3) is 5.28. The molecule has 6 nitrogen and oxygen atoms in total. The zero-order valence-corrected chi connectivity index (χ0v) is 17.9. The lowest BCUT2D eigenvalue weighted by Crippen LogP contribution is -2.41. The first kappa shape index (κ1) is 20.2. The molecule has 2 aromatic carbocycles. The lowest BCUT2D eigenvalue weighted by Gasteiger charge is -2.26. The number of hydrogen-bond donors (Lipinski definition) is 1. The van der Waals surface area contributed by atoms with Crippen LogP contribution >= 0.6 is 22.6 Å². The largest absolute Gasteiger partial charge is 0.379 e. The van der Waals surface area contributed by atoms with E-state index >= 15 is 0 Å². The highest BCUT2D eigenvalue weighted by atomic mass is 127. The molecule has 1 fully saturated rings. The summed E-state index contributed by atoms with van der Waals surface area (Å²) in [5, 5.41) is 2.89. The van der Waals surface area contributed by atoms with Gasteiger partial charge >= 0.3 is 0 Å². The van der Waals surface area contributed by atoms with Crippen LogP contribution in [0, 0.1) is 10.5 Å². The third-order valence-corrected chi connectivity index (χ3v) is 6.89. The highest BCUT2D eigenvalue weighted by Gasteiger charge is 2.24. The van der Waals surface area contributed by atoms with Gasteiger partial charge in [-0.15, -0.1) is 0 Å². The van der Waals surface area contributed by atoms with Gasteiger partial charge in [-0.1, -0.05) is 12.1 Å². The number of carbonyl (C=O) groups is 1. The van der Waals surface area contributed by atoms with Crippen LogP contribution in [0.3, 0.4) is 0 Å². The van der Waals surface area contributed by atoms with Gasteiger partial charge in [-0.3, -0.25) is 4.79 Å². The number of anilines is 1. The highest BCUT2D eigenvalue weighted by Crippen LogP contribution is 2.19. The summed E-state index contributed by atoms with van der Waals surface area (Å²) in [6, 6.07) is 12.5. The van der Waals surface area contributed by atoms with Crippen molar-refractivity contribution in [1.82, 2.24) is 4.31 Å². The molecule has 0 spiro atoms. The Hall–Kier alpha value is -1.49. The van der Waals surface area contributed by atoms with Crippen LogP contribution in [-0.4, -0.2) is 44.9 Å². The monoisotopic (exact) mass is 500 g/mol. The van der Waals surface area contributed by atoms with E-state index in [4.69, 9.17) is 4.74 Å². The van der Waals surface area contributed by atoms with Crippen molar-refractivity contribution in [2.45, 2.75) is 12.7 Å². The Labute approximate surface area is 173 Å². The number of hydrogen-bond acceptors (Lipinski definition) is 4. The molecule has 3 rings (SSSR count). The standard InChI is InChI=1S/C19H21IN2O4S/c1-14-12-17(20)6-7-18(14)21-19(23)16-4-2-15(3-5-16)13-27(24,25)22-8-10-26-11-9-22/h2-7,12H,8-11,13H2,1H3,(H,21,23). The minimum atomic E-state index is -3.38. The van der Waals surface area contributed by atoms with Crippen LogP contribution in [0.2, 0.25) is 0 Å². The van der Waals surface area contributed by atoms with E-state index in [1.54, 1.807) is 24.3 Å². The van der Waals surface area contributed by atoms with E-state index in [1.807, 2.05) is 25.1 Å². The van der Waals surface area contributed by atoms with Gasteiger partial charge in [0, 0.05) is 27.9 Å². The van der Waals surface area contributed by atoms with Gasteiger partial charge in [-0.05, 0) is 71.0 Å². The molecule has 1 N–H and O–H groups in total. The average molecular weight is 500 g/mol. The number of benzene rings is 2. The molecule has 0 radical (unpaired) electrons. The van der Waals surface area contributed by atoms with Crippen LogP contribution in [-0.2, 0) is 20.5 Å². The quantitative estimate of drug-likeness (QED) is 0.641. The second-order valence-electron chi connectivity index (χ2n) is 6.38. The van der Waals surface area contributed by atoms with Gasteiger partial charge in [-0.25, -0.2) is 8.42 Å². The Kier molecular flexibility index (Phi) is 6.51. The van der Waals surface area contributed by atoms with E-state index in [-0.39, 0.29) is 11.7 Å². The number of halogens is 1. The molecule has 0 bridgehead atoms. The van der Waals surface area contributed by atoms with Crippen LogP contribution in [0.15, 0.2) is 42.5 Å². The number of aryl methyl sites for hydroxylation is 1. The molecule has 0 saturated carbocycles. The van der Waals surface area contributed by atoms with E-state index in [0.29, 0.717) is 37.4 Å². The summed E-state index contributed by atoms with van der Waals surface area (Å²) in [6.07, 6.45) is 0. The number of ether oxygens (including phenoxy) is 1. The van der Waals surface area contributed by atoms with Gasteiger partial charge < -0.3 is 10.1 Å². The van der Waals surface area contributed by atoms with Crippen LogP contribution in [0.4, 0.5) is 5.69 Å². The molecule has 8 heteroatoms. The zero-order valence-electron chi connectivity index (χ0n) is 14.9. The van der Waals surface area contributed by atoms with Crippen molar-refractivity contribution in [2.24, 2.45) is 0 Å². The van der Waals surface area contributed by atoms with Crippen molar-refractivity contribution >= 4 is 44.2 Å². The number of amides is 1. The van der Waals surface area contributed by atoms with E-state index in [1.165, 1.54) is 4.31 Å². The van der Waals surface area contributed by atoms with E-state index in [2.05, 4.69) is 27.9 Å². The summed E-state index contributed by atoms with van der Waals surface area (Å²) in [7, 11) is -3.38. The van der Waals surface area contributed by atoms with Crippen LogP contribution in [0.1, 0.15) is 21.5 Å². The molecule has 1 aliphatic rings. The van der Waals surface area contributed by atoms with Gasteiger partial charge in [0.15, 0.2) is 0 Å². The molecule has 1 aliphatic heterocycles. The molecule has 0 aliphatic carbocycles. The fourth-order valence-electron chi connectivity index (χ4n) is 2.84. The van der Waals surface area contributed by atoms with Crippen LogP contribution in [0.25, 0.3) is 0 Å². The third-order valence-electron chi connectivity index (χ3n) is 4.37. The second-order valence-corrected chi connectivity index (χ2v) is 9.59. The Balaban J connectivity index is 1.66. The van der Waals surface area contributed by atoms with Gasteiger partial charge in [0.05, 0.1) is 19.0 Å². The SMILES string of the molecule is Cc1cc(I)ccc1NC(=O)c1ccc(CS(=O)(=O)N2CCOCC2)cc1. The topological polar surface area (TPSA) is 75.7 Å². The fraction of sp³-hybridized carbons (Fsp3) is 0.316. The first-order chi connectivity index (χ1) is 12.8. The average Bonchev–Trinajstić information content (AvgIpc) is 2.65. The Morgan fingerprint density at radius 2 is 1.81 bits per heavy atom. The Morgan fingerprint density at radius 1 is 1.15 bits per heavy atom. The van der Waals surface area contributed by atoms with Crippen molar-refractivity contribution < 1.29 is 17.9 Å². The first-order valence-corrected chi connectivity index (χ1v) is 11.3. The predicted molar refractivity (Wildman–Crippen MR) is 113 cm³/mol. The van der Waals surface area contributed by atoms with Crippen molar-refractivity contribution in [1.29, 1.82) is 0 Å². The molecular weight excluding hydrogens is 479 g/mol. The molecule has 144 valence electrons. The minimum Gasteiger partial charge on any atom is -0.379 e.